The highest BCUT2D eigenvalue weighted by molar-refractivity contribution is 7.90. The van der Waals surface area contributed by atoms with E-state index in [1.165, 1.54) is 7.11 Å². The lowest BCUT2D eigenvalue weighted by Gasteiger charge is -2.09. The van der Waals surface area contributed by atoms with Crippen molar-refractivity contribution < 1.29 is 17.9 Å². The fourth-order valence-corrected chi connectivity index (χ4v) is 2.75. The third-order valence-electron chi connectivity index (χ3n) is 2.99. The molecule has 1 heterocycles. The van der Waals surface area contributed by atoms with E-state index >= 15 is 0 Å². The quantitative estimate of drug-likeness (QED) is 0.910. The Balaban J connectivity index is 2.27. The van der Waals surface area contributed by atoms with E-state index in [1.807, 2.05) is 0 Å². The molecule has 0 saturated carbocycles. The molecule has 0 radical (unpaired) electrons. The zero-order valence-electron chi connectivity index (χ0n) is 11.8. The average Bonchev–Trinajstić information content (AvgIpc) is 2.45. The predicted molar refractivity (Wildman–Crippen MR) is 79.9 cm³/mol. The molecule has 112 valence electrons. The Hall–Kier alpha value is -2.15. The molecule has 0 aliphatic carbocycles. The highest BCUT2D eigenvalue weighted by Crippen LogP contribution is 2.25. The summed E-state index contributed by atoms with van der Waals surface area (Å²) in [5.41, 5.74) is 3.86. The van der Waals surface area contributed by atoms with Crippen molar-refractivity contribution in [3.05, 3.63) is 29.8 Å². The number of nitrogens with zero attached hydrogens (tertiary/aromatic N) is 1. The van der Waals surface area contributed by atoms with Crippen LogP contribution in [0.25, 0.3) is 6.08 Å². The monoisotopic (exact) mass is 308 g/mol. The first-order chi connectivity index (χ1) is 9.90. The van der Waals surface area contributed by atoms with Crippen LogP contribution in [0.1, 0.15) is 18.4 Å². The van der Waals surface area contributed by atoms with Crippen molar-refractivity contribution in [2.24, 2.45) is 5.10 Å². The molecule has 1 N–H and O–H groups in total. The third-order valence-corrected chi connectivity index (χ3v) is 4.11. The van der Waals surface area contributed by atoms with E-state index in [4.69, 9.17) is 4.74 Å². The van der Waals surface area contributed by atoms with Crippen LogP contribution in [0.2, 0.25) is 0 Å². The first-order valence-corrected chi connectivity index (χ1v) is 8.21. The lowest BCUT2D eigenvalue weighted by molar-refractivity contribution is -0.121. The van der Waals surface area contributed by atoms with Gasteiger partial charge in [-0.15, -0.1) is 0 Å². The topological polar surface area (TPSA) is 84.8 Å². The second kappa shape index (κ2) is 6.09. The van der Waals surface area contributed by atoms with Crippen molar-refractivity contribution in [2.75, 3.05) is 13.4 Å². The van der Waals surface area contributed by atoms with Gasteiger partial charge >= 0.3 is 0 Å². The Morgan fingerprint density at radius 1 is 1.29 bits per heavy atom. The van der Waals surface area contributed by atoms with Crippen molar-refractivity contribution in [3.8, 4) is 5.75 Å². The number of carbonyl (C=O) groups is 1. The molecule has 2 rings (SSSR count). The van der Waals surface area contributed by atoms with E-state index in [1.54, 1.807) is 30.4 Å². The van der Waals surface area contributed by atoms with Gasteiger partial charge in [0.05, 0.1) is 12.8 Å². The molecule has 1 aromatic carbocycles. The number of nitrogens with one attached hydrogen (secondary N) is 1. The van der Waals surface area contributed by atoms with E-state index in [0.717, 1.165) is 17.5 Å². The van der Waals surface area contributed by atoms with Crippen LogP contribution in [0, 0.1) is 0 Å². The van der Waals surface area contributed by atoms with Gasteiger partial charge in [0.2, 0.25) is 5.91 Å². The molecule has 0 saturated heterocycles. The van der Waals surface area contributed by atoms with E-state index < -0.39 is 9.84 Å². The van der Waals surface area contributed by atoms with Gasteiger partial charge in [-0.2, -0.15) is 5.10 Å². The Bertz CT molecular complexity index is 720. The summed E-state index contributed by atoms with van der Waals surface area (Å²) in [5.74, 6) is 0.216. The zero-order chi connectivity index (χ0) is 15.5. The van der Waals surface area contributed by atoms with Gasteiger partial charge in [0.15, 0.2) is 9.84 Å². The van der Waals surface area contributed by atoms with Gasteiger partial charge < -0.3 is 4.74 Å². The number of hydrogen-bond acceptors (Lipinski definition) is 5. The third kappa shape index (κ3) is 3.91. The van der Waals surface area contributed by atoms with Crippen molar-refractivity contribution in [1.82, 2.24) is 5.43 Å². The van der Waals surface area contributed by atoms with Crippen molar-refractivity contribution >= 4 is 27.5 Å². The molecule has 1 aliphatic heterocycles. The zero-order valence-corrected chi connectivity index (χ0v) is 12.6. The minimum absolute atomic E-state index is 0.101. The minimum atomic E-state index is -3.36. The molecule has 1 amide bonds. The fourth-order valence-electron chi connectivity index (χ4n) is 1.89. The number of amides is 1. The largest absolute Gasteiger partial charge is 0.495 e. The Morgan fingerprint density at radius 2 is 2.05 bits per heavy atom. The molecule has 7 heteroatoms. The van der Waals surface area contributed by atoms with Crippen molar-refractivity contribution in [3.63, 3.8) is 0 Å². The van der Waals surface area contributed by atoms with Crippen LogP contribution in [0.4, 0.5) is 0 Å². The molecule has 1 aliphatic rings. The Labute approximate surface area is 123 Å². The normalized spacial score (nSPS) is 15.7. The number of hydrogen-bond donors (Lipinski definition) is 1. The maximum Gasteiger partial charge on any atom is 0.240 e. The number of rotatable bonds is 4. The van der Waals surface area contributed by atoms with Gasteiger partial charge in [-0.25, -0.2) is 13.8 Å². The number of hydrazone groups is 1. The molecule has 21 heavy (non-hydrogen) atoms. The smallest absolute Gasteiger partial charge is 0.240 e. The Morgan fingerprint density at radius 3 is 2.62 bits per heavy atom. The molecule has 6 nitrogen and oxygen atoms in total. The molecule has 0 spiro atoms. The van der Waals surface area contributed by atoms with Crippen LogP contribution < -0.4 is 10.2 Å². The summed E-state index contributed by atoms with van der Waals surface area (Å²) in [6.07, 6.45) is 5.62. The molecule has 0 fully saturated rings. The van der Waals surface area contributed by atoms with Gasteiger partial charge in [-0.3, -0.25) is 4.79 Å². The van der Waals surface area contributed by atoms with Crippen LogP contribution in [0.15, 0.2) is 34.3 Å². The summed E-state index contributed by atoms with van der Waals surface area (Å²) >= 11 is 0. The van der Waals surface area contributed by atoms with Crippen LogP contribution in [0.5, 0.6) is 5.75 Å². The highest BCUT2D eigenvalue weighted by Gasteiger charge is 2.14. The molecule has 1 aromatic rings. The molecular formula is C14H16N2O4S. The van der Waals surface area contributed by atoms with Crippen molar-refractivity contribution in [2.45, 2.75) is 17.7 Å². The standard InChI is InChI=1S/C14H16N2O4S/c1-20-12-7-4-10(9-13(12)21(2,18)19)3-5-11-6-8-14(17)16-15-11/h3-5,7,9H,6,8H2,1-2H3,(H,16,17). The first kappa shape index (κ1) is 15.2. The summed E-state index contributed by atoms with van der Waals surface area (Å²) in [5, 5.41) is 3.92. The summed E-state index contributed by atoms with van der Waals surface area (Å²) in [6, 6.07) is 4.92. The predicted octanol–water partition coefficient (Wildman–Crippen LogP) is 1.38. The van der Waals surface area contributed by atoms with Crippen LogP contribution in [-0.2, 0) is 14.6 Å². The molecule has 0 atom stereocenters. The van der Waals surface area contributed by atoms with Crippen LogP contribution in [0.3, 0.4) is 0 Å². The van der Waals surface area contributed by atoms with Gasteiger partial charge in [0, 0.05) is 19.1 Å². The fraction of sp³-hybridized carbons (Fsp3) is 0.286. The number of ether oxygens (including phenoxy) is 1. The summed E-state index contributed by atoms with van der Waals surface area (Å²) in [4.78, 5) is 11.1. The van der Waals surface area contributed by atoms with Crippen LogP contribution >= 0.6 is 0 Å². The lowest BCUT2D eigenvalue weighted by Crippen LogP contribution is -2.24. The number of benzene rings is 1. The van der Waals surface area contributed by atoms with Crippen LogP contribution in [-0.4, -0.2) is 33.4 Å². The van der Waals surface area contributed by atoms with E-state index in [-0.39, 0.29) is 10.8 Å². The summed E-state index contributed by atoms with van der Waals surface area (Å²) in [6.45, 7) is 0. The second-order valence-corrected chi connectivity index (χ2v) is 6.64. The maximum atomic E-state index is 11.7. The van der Waals surface area contributed by atoms with E-state index in [0.29, 0.717) is 18.6 Å². The van der Waals surface area contributed by atoms with Gasteiger partial charge in [0.1, 0.15) is 10.6 Å². The van der Waals surface area contributed by atoms with Gasteiger partial charge in [-0.1, -0.05) is 12.1 Å². The van der Waals surface area contributed by atoms with E-state index in [9.17, 15) is 13.2 Å². The lowest BCUT2D eigenvalue weighted by atomic mass is 10.1. The SMILES string of the molecule is COc1ccc(C=CC2=NNC(=O)CC2)cc1S(C)(=O)=O. The molecule has 0 bridgehead atoms. The second-order valence-electron chi connectivity index (χ2n) is 4.65. The van der Waals surface area contributed by atoms with Gasteiger partial charge in [0.25, 0.3) is 0 Å². The number of methoxy groups -OCH3 is 1. The number of carbonyl (C=O) groups excluding carboxylic acids is 1. The first-order valence-electron chi connectivity index (χ1n) is 6.32. The summed E-state index contributed by atoms with van der Waals surface area (Å²) < 4.78 is 28.5. The number of sulfone groups is 1. The molecule has 0 aromatic heterocycles. The van der Waals surface area contributed by atoms with E-state index in [2.05, 4.69) is 10.5 Å². The van der Waals surface area contributed by atoms with Gasteiger partial charge in [-0.05, 0) is 23.8 Å². The molecular weight excluding hydrogens is 292 g/mol. The number of allylic oxidation sites excluding steroid dienone is 1. The summed E-state index contributed by atoms with van der Waals surface area (Å²) in [7, 11) is -1.94. The minimum Gasteiger partial charge on any atom is -0.495 e. The van der Waals surface area contributed by atoms with Crippen molar-refractivity contribution in [1.29, 1.82) is 0 Å². The Kier molecular flexibility index (Phi) is 4.42. The molecule has 0 unspecified atom stereocenters. The average molecular weight is 308 g/mol. The maximum absolute atomic E-state index is 11.7. The highest BCUT2D eigenvalue weighted by atomic mass is 32.2.